The first kappa shape index (κ1) is 11.7. The van der Waals surface area contributed by atoms with Crippen LogP contribution in [0.3, 0.4) is 0 Å². The van der Waals surface area contributed by atoms with Gasteiger partial charge in [0.05, 0.1) is 5.69 Å². The van der Waals surface area contributed by atoms with E-state index in [1.807, 2.05) is 42.1 Å². The van der Waals surface area contributed by atoms with Gasteiger partial charge in [-0.15, -0.1) is 0 Å². The summed E-state index contributed by atoms with van der Waals surface area (Å²) in [6.45, 7) is 0. The molecule has 0 saturated heterocycles. The van der Waals surface area contributed by atoms with Gasteiger partial charge in [-0.25, -0.2) is 15.8 Å². The topological polar surface area (TPSA) is 77.0 Å². The minimum atomic E-state index is 0.579. The van der Waals surface area contributed by atoms with Gasteiger partial charge in [-0.1, -0.05) is 18.2 Å². The zero-order valence-corrected chi connectivity index (χ0v) is 11.4. The third-order valence-corrected chi connectivity index (χ3v) is 4.33. The molecule has 1 aromatic carbocycles. The van der Waals surface area contributed by atoms with Crippen LogP contribution in [0.25, 0.3) is 22.6 Å². The zero-order valence-electron chi connectivity index (χ0n) is 10.6. The van der Waals surface area contributed by atoms with Gasteiger partial charge in [-0.3, -0.25) is 0 Å². The quantitative estimate of drug-likeness (QED) is 0.556. The van der Waals surface area contributed by atoms with Crippen LogP contribution in [0.2, 0.25) is 0 Å². The lowest BCUT2D eigenvalue weighted by molar-refractivity contribution is 0.624. The summed E-state index contributed by atoms with van der Waals surface area (Å²) < 4.78 is 5.81. The van der Waals surface area contributed by atoms with Gasteiger partial charge in [-0.05, 0) is 12.1 Å². The number of anilines is 1. The third kappa shape index (κ3) is 1.76. The minimum absolute atomic E-state index is 0.579. The second kappa shape index (κ2) is 4.50. The van der Waals surface area contributed by atoms with E-state index in [9.17, 15) is 0 Å². The highest BCUT2D eigenvalue weighted by Gasteiger charge is 2.21. The second-order valence-electron chi connectivity index (χ2n) is 4.61. The number of hydrazine groups is 1. The van der Waals surface area contributed by atoms with Crippen molar-refractivity contribution < 1.29 is 4.42 Å². The average Bonchev–Trinajstić information content (AvgIpc) is 3.12. The molecule has 1 aliphatic rings. The summed E-state index contributed by atoms with van der Waals surface area (Å²) in [5.74, 6) is 9.29. The van der Waals surface area contributed by atoms with Gasteiger partial charge in [0.1, 0.15) is 11.4 Å². The van der Waals surface area contributed by atoms with Crippen LogP contribution in [0, 0.1) is 0 Å². The highest BCUT2D eigenvalue weighted by atomic mass is 32.2. The van der Waals surface area contributed by atoms with E-state index in [0.29, 0.717) is 17.4 Å². The maximum atomic E-state index is 5.81. The third-order valence-electron chi connectivity index (χ3n) is 3.36. The van der Waals surface area contributed by atoms with Crippen LogP contribution in [-0.2, 0) is 11.5 Å². The van der Waals surface area contributed by atoms with Crippen LogP contribution in [-0.4, -0.2) is 9.97 Å². The molecule has 3 aromatic rings. The Balaban J connectivity index is 1.89. The number of furan rings is 1. The maximum absolute atomic E-state index is 5.81. The van der Waals surface area contributed by atoms with Crippen molar-refractivity contribution in [2.75, 3.05) is 5.43 Å². The Kier molecular flexibility index (Phi) is 2.64. The SMILES string of the molecule is NNc1nc(-c2cc3ccccc3o2)nc2c1CSC2. The highest BCUT2D eigenvalue weighted by molar-refractivity contribution is 7.98. The Labute approximate surface area is 119 Å². The number of hydrogen-bond acceptors (Lipinski definition) is 6. The Hall–Kier alpha value is -2.05. The number of benzene rings is 1. The van der Waals surface area contributed by atoms with Gasteiger partial charge in [0, 0.05) is 22.5 Å². The van der Waals surface area contributed by atoms with Crippen LogP contribution in [0.5, 0.6) is 0 Å². The fourth-order valence-electron chi connectivity index (χ4n) is 2.37. The summed E-state index contributed by atoms with van der Waals surface area (Å²) >= 11 is 1.81. The number of thioether (sulfide) groups is 1. The van der Waals surface area contributed by atoms with Crippen molar-refractivity contribution in [3.05, 3.63) is 41.6 Å². The number of rotatable bonds is 2. The smallest absolute Gasteiger partial charge is 0.198 e. The molecule has 0 fully saturated rings. The number of nitrogens with two attached hydrogens (primary N) is 1. The number of nitrogens with zero attached hydrogens (tertiary/aromatic N) is 2. The number of hydrogen-bond donors (Lipinski definition) is 2. The predicted octanol–water partition coefficient (Wildman–Crippen LogP) is 2.92. The molecule has 0 spiro atoms. The summed E-state index contributed by atoms with van der Waals surface area (Å²) in [5, 5.41) is 1.04. The Morgan fingerprint density at radius 3 is 2.95 bits per heavy atom. The molecule has 0 atom stereocenters. The number of nitrogens with one attached hydrogen (secondary N) is 1. The maximum Gasteiger partial charge on any atom is 0.198 e. The van der Waals surface area contributed by atoms with Gasteiger partial charge in [0.2, 0.25) is 0 Å². The van der Waals surface area contributed by atoms with E-state index in [-0.39, 0.29) is 0 Å². The van der Waals surface area contributed by atoms with Crippen molar-refractivity contribution in [1.29, 1.82) is 0 Å². The van der Waals surface area contributed by atoms with E-state index in [4.69, 9.17) is 10.3 Å². The molecule has 100 valence electrons. The standard InChI is InChI=1S/C14H12N4OS/c15-18-13-9-6-20-7-10(9)16-14(17-13)12-5-8-3-1-2-4-11(8)19-12/h1-5H,6-7,15H2,(H,16,17,18). The number of nitrogen functional groups attached to an aromatic ring is 1. The number of fused-ring (bicyclic) bond motifs is 2. The molecule has 6 heteroatoms. The molecule has 2 aromatic heterocycles. The molecule has 5 nitrogen and oxygen atoms in total. The number of para-hydroxylation sites is 1. The van der Waals surface area contributed by atoms with Crippen LogP contribution >= 0.6 is 11.8 Å². The van der Waals surface area contributed by atoms with Gasteiger partial charge >= 0.3 is 0 Å². The van der Waals surface area contributed by atoms with Crippen molar-refractivity contribution >= 4 is 28.5 Å². The van der Waals surface area contributed by atoms with E-state index in [1.54, 1.807) is 0 Å². The van der Waals surface area contributed by atoms with Crippen molar-refractivity contribution in [2.45, 2.75) is 11.5 Å². The first-order valence-corrected chi connectivity index (χ1v) is 7.44. The van der Waals surface area contributed by atoms with Crippen molar-refractivity contribution in [2.24, 2.45) is 5.84 Å². The van der Waals surface area contributed by atoms with Crippen molar-refractivity contribution in [3.63, 3.8) is 0 Å². The minimum Gasteiger partial charge on any atom is -0.453 e. The lowest BCUT2D eigenvalue weighted by Gasteiger charge is -2.07. The average molecular weight is 284 g/mol. The van der Waals surface area contributed by atoms with E-state index >= 15 is 0 Å². The van der Waals surface area contributed by atoms with Crippen molar-refractivity contribution in [3.8, 4) is 11.6 Å². The first-order valence-electron chi connectivity index (χ1n) is 6.28. The highest BCUT2D eigenvalue weighted by Crippen LogP contribution is 2.35. The normalized spacial score (nSPS) is 13.7. The monoisotopic (exact) mass is 284 g/mol. The molecule has 0 saturated carbocycles. The molecule has 0 unspecified atom stereocenters. The van der Waals surface area contributed by atoms with Gasteiger partial charge in [0.25, 0.3) is 0 Å². The molecular weight excluding hydrogens is 272 g/mol. The molecule has 0 radical (unpaired) electrons. The summed E-state index contributed by atoms with van der Waals surface area (Å²) in [5.41, 5.74) is 5.63. The predicted molar refractivity (Wildman–Crippen MR) is 80.0 cm³/mol. The van der Waals surface area contributed by atoms with Crippen LogP contribution in [0.4, 0.5) is 5.82 Å². The lowest BCUT2D eigenvalue weighted by atomic mass is 10.2. The van der Waals surface area contributed by atoms with Crippen molar-refractivity contribution in [1.82, 2.24) is 9.97 Å². The van der Waals surface area contributed by atoms with Gasteiger partial charge < -0.3 is 9.84 Å². The molecule has 20 heavy (non-hydrogen) atoms. The van der Waals surface area contributed by atoms with Gasteiger partial charge in [0.15, 0.2) is 11.6 Å². The molecule has 0 amide bonds. The molecule has 4 rings (SSSR count). The molecule has 3 heterocycles. The summed E-state index contributed by atoms with van der Waals surface area (Å²) in [6, 6.07) is 9.83. The molecule has 3 N–H and O–H groups in total. The molecule has 0 aliphatic carbocycles. The zero-order chi connectivity index (χ0) is 13.5. The summed E-state index contributed by atoms with van der Waals surface area (Å²) in [4.78, 5) is 9.08. The Bertz CT molecular complexity index is 766. The van der Waals surface area contributed by atoms with Gasteiger partial charge in [-0.2, -0.15) is 11.8 Å². The molecule has 0 bridgehead atoms. The van der Waals surface area contributed by atoms with E-state index in [0.717, 1.165) is 33.7 Å². The fraction of sp³-hybridized carbons (Fsp3) is 0.143. The summed E-state index contributed by atoms with van der Waals surface area (Å²) in [7, 11) is 0. The summed E-state index contributed by atoms with van der Waals surface area (Å²) in [6.07, 6.45) is 0. The van der Waals surface area contributed by atoms with Crippen LogP contribution in [0.15, 0.2) is 34.7 Å². The molecule has 1 aliphatic heterocycles. The largest absolute Gasteiger partial charge is 0.453 e. The van der Waals surface area contributed by atoms with E-state index < -0.39 is 0 Å². The Morgan fingerprint density at radius 1 is 1.20 bits per heavy atom. The Morgan fingerprint density at radius 2 is 2.10 bits per heavy atom. The lowest BCUT2D eigenvalue weighted by Crippen LogP contribution is -2.12. The molecular formula is C14H12N4OS. The van der Waals surface area contributed by atoms with E-state index in [1.165, 1.54) is 0 Å². The second-order valence-corrected chi connectivity index (χ2v) is 5.59. The van der Waals surface area contributed by atoms with E-state index in [2.05, 4.69) is 15.4 Å². The first-order chi connectivity index (χ1) is 9.85. The van der Waals surface area contributed by atoms with Crippen LogP contribution < -0.4 is 11.3 Å². The van der Waals surface area contributed by atoms with Crippen LogP contribution in [0.1, 0.15) is 11.3 Å². The fourth-order valence-corrected chi connectivity index (χ4v) is 3.41. The number of aromatic nitrogens is 2.